The summed E-state index contributed by atoms with van der Waals surface area (Å²) in [4.78, 5) is 32.6. The summed E-state index contributed by atoms with van der Waals surface area (Å²) in [5, 5.41) is 9.79. The first-order valence-corrected chi connectivity index (χ1v) is 17.1. The number of nitrogens with zero attached hydrogens (tertiary/aromatic N) is 3. The lowest BCUT2D eigenvalue weighted by atomic mass is 9.68. The summed E-state index contributed by atoms with van der Waals surface area (Å²) in [6.45, 7) is 1.92. The van der Waals surface area contributed by atoms with E-state index in [-0.39, 0.29) is 23.0 Å². The van der Waals surface area contributed by atoms with Crippen molar-refractivity contribution < 1.29 is 22.5 Å². The number of benzene rings is 2. The highest BCUT2D eigenvalue weighted by molar-refractivity contribution is 7.86. The number of carbonyl (C=O) groups is 1. The Labute approximate surface area is 252 Å². The van der Waals surface area contributed by atoms with Gasteiger partial charge in [0, 0.05) is 24.2 Å². The largest absolute Gasteiger partial charge is 0.476 e. The van der Waals surface area contributed by atoms with Gasteiger partial charge in [-0.1, -0.05) is 49.1 Å². The van der Waals surface area contributed by atoms with Crippen LogP contribution in [0.4, 0.5) is 0 Å². The molecule has 2 saturated heterocycles. The normalized spacial score (nSPS) is 31.1. The second-order valence-corrected chi connectivity index (χ2v) is 14.9. The van der Waals surface area contributed by atoms with Gasteiger partial charge in [-0.25, -0.2) is 9.78 Å². The van der Waals surface area contributed by atoms with E-state index in [9.17, 15) is 23.1 Å². The van der Waals surface area contributed by atoms with Crippen LogP contribution in [-0.2, 0) is 14.3 Å². The Balaban J connectivity index is 1.22. The van der Waals surface area contributed by atoms with Crippen LogP contribution in [0.1, 0.15) is 86.3 Å². The molecule has 4 aliphatic rings. The zero-order valence-corrected chi connectivity index (χ0v) is 25.3. The average molecular weight is 606 g/mol. The van der Waals surface area contributed by atoms with Gasteiger partial charge in [-0.15, -0.1) is 0 Å². The van der Waals surface area contributed by atoms with E-state index in [0.717, 1.165) is 17.4 Å². The van der Waals surface area contributed by atoms with Gasteiger partial charge in [0.15, 0.2) is 0 Å². The van der Waals surface area contributed by atoms with Gasteiger partial charge in [-0.3, -0.25) is 13.9 Å². The first-order valence-electron chi connectivity index (χ1n) is 15.7. The van der Waals surface area contributed by atoms with Crippen LogP contribution in [-0.4, -0.2) is 58.2 Å². The minimum absolute atomic E-state index is 0.0200. The highest BCUT2D eigenvalue weighted by Crippen LogP contribution is 2.48. The number of carboxylic acid groups (broad SMARTS) is 1. The molecule has 4 bridgehead atoms. The molecule has 1 N–H and O–H groups in total. The smallest absolute Gasteiger partial charge is 0.360 e. The van der Waals surface area contributed by atoms with Crippen LogP contribution in [0, 0.1) is 18.8 Å². The molecule has 228 valence electrons. The Bertz CT molecular complexity index is 1680. The molecule has 1 aromatic heterocycles. The molecule has 7 rings (SSSR count). The number of aromatic carboxylic acids is 1. The van der Waals surface area contributed by atoms with Gasteiger partial charge >= 0.3 is 5.97 Å². The summed E-state index contributed by atoms with van der Waals surface area (Å²) < 4.78 is 34.1. The Hall–Kier alpha value is -3.08. The Kier molecular flexibility index (Phi) is 7.42. The second-order valence-electron chi connectivity index (χ2n) is 13.3. The number of hydrogen-bond acceptors (Lipinski definition) is 7. The number of aryl methyl sites for hydroxylation is 1. The highest BCUT2D eigenvalue weighted by atomic mass is 32.2. The average Bonchev–Trinajstić information content (AvgIpc) is 2.96. The van der Waals surface area contributed by atoms with Crippen LogP contribution in [0.15, 0.2) is 58.2 Å². The first kappa shape index (κ1) is 28.7. The number of aromatic nitrogens is 2. The first-order chi connectivity index (χ1) is 20.7. The molecule has 3 heterocycles. The van der Waals surface area contributed by atoms with Crippen LogP contribution in [0.2, 0.25) is 0 Å². The summed E-state index contributed by atoms with van der Waals surface area (Å²) in [7, 11) is -3.93. The lowest BCUT2D eigenvalue weighted by molar-refractivity contribution is -0.0770. The Morgan fingerprint density at radius 2 is 1.49 bits per heavy atom. The SMILES string of the molecule is Cc1ccc(S(=O)(=O)OC2C[C@@H]3CC(n4c(=O)c(C(=O)O)nc5ccccc54)C[C@H](C2)N3C2CC3CCCC(C3)C2)cc1. The maximum Gasteiger partial charge on any atom is 0.360 e. The van der Waals surface area contributed by atoms with Gasteiger partial charge in [-0.05, 0) is 88.0 Å². The molecule has 6 atom stereocenters. The zero-order chi connectivity index (χ0) is 29.9. The van der Waals surface area contributed by atoms with Crippen molar-refractivity contribution in [3.05, 3.63) is 70.1 Å². The molecule has 2 aliphatic carbocycles. The van der Waals surface area contributed by atoms with Gasteiger partial charge in [0.1, 0.15) is 0 Å². The molecule has 3 aromatic rings. The third-order valence-corrected chi connectivity index (χ3v) is 11.8. The summed E-state index contributed by atoms with van der Waals surface area (Å²) in [6, 6.07) is 14.2. The zero-order valence-electron chi connectivity index (χ0n) is 24.5. The lowest BCUT2D eigenvalue weighted by Crippen LogP contribution is -2.61. The van der Waals surface area contributed by atoms with Crippen molar-refractivity contribution in [3.8, 4) is 0 Å². The maximum absolute atomic E-state index is 13.6. The third-order valence-electron chi connectivity index (χ3n) is 10.5. The van der Waals surface area contributed by atoms with E-state index < -0.39 is 33.4 Å². The number of hydrogen-bond donors (Lipinski definition) is 1. The lowest BCUT2D eigenvalue weighted by Gasteiger charge is -2.56. The second kappa shape index (κ2) is 11.1. The predicted octanol–water partition coefficient (Wildman–Crippen LogP) is 5.31. The molecule has 9 nitrogen and oxygen atoms in total. The quantitative estimate of drug-likeness (QED) is 0.376. The molecule has 10 heteroatoms. The third kappa shape index (κ3) is 5.42. The van der Waals surface area contributed by atoms with E-state index in [0.29, 0.717) is 42.8 Å². The van der Waals surface area contributed by atoms with E-state index in [1.165, 1.54) is 38.5 Å². The van der Waals surface area contributed by atoms with Crippen molar-refractivity contribution in [2.24, 2.45) is 11.8 Å². The van der Waals surface area contributed by atoms with Crippen molar-refractivity contribution >= 4 is 27.1 Å². The van der Waals surface area contributed by atoms with Gasteiger partial charge in [0.2, 0.25) is 5.69 Å². The Morgan fingerprint density at radius 1 is 0.860 bits per heavy atom. The van der Waals surface area contributed by atoms with Crippen LogP contribution >= 0.6 is 0 Å². The minimum Gasteiger partial charge on any atom is -0.476 e. The van der Waals surface area contributed by atoms with E-state index in [1.54, 1.807) is 41.0 Å². The predicted molar refractivity (Wildman–Crippen MR) is 162 cm³/mol. The van der Waals surface area contributed by atoms with E-state index in [4.69, 9.17) is 4.18 Å². The van der Waals surface area contributed by atoms with E-state index in [1.807, 2.05) is 19.1 Å². The van der Waals surface area contributed by atoms with Gasteiger partial charge < -0.3 is 9.67 Å². The minimum atomic E-state index is -3.93. The van der Waals surface area contributed by atoms with Crippen molar-refractivity contribution in [2.45, 2.75) is 106 Å². The molecule has 0 amide bonds. The van der Waals surface area contributed by atoms with Crippen LogP contribution in [0.5, 0.6) is 0 Å². The van der Waals surface area contributed by atoms with Crippen molar-refractivity contribution in [1.29, 1.82) is 0 Å². The molecule has 4 fully saturated rings. The fraction of sp³-hybridized carbons (Fsp3) is 0.545. The molecule has 2 aromatic carbocycles. The molecule has 0 radical (unpaired) electrons. The van der Waals surface area contributed by atoms with Crippen LogP contribution < -0.4 is 5.56 Å². The van der Waals surface area contributed by atoms with Crippen molar-refractivity contribution in [2.75, 3.05) is 0 Å². The number of para-hydroxylation sites is 2. The standard InChI is InChI=1S/C33H39N3O6S/c1-20-9-11-28(12-10-20)43(40,41)42-27-18-25-16-24(36-30-8-3-2-7-29(30)34-31(32(36)37)33(38)39)17-26(19-27)35(25)23-14-21-5-4-6-22(13-21)15-23/h2-3,7-12,21-27H,4-6,13-19H2,1H3,(H,38,39)/t21?,22?,23?,24?,25-,26+,27?. The number of carboxylic acids is 1. The monoisotopic (exact) mass is 605 g/mol. The molecule has 2 saturated carbocycles. The summed E-state index contributed by atoms with van der Waals surface area (Å²) in [6.07, 6.45) is 9.44. The van der Waals surface area contributed by atoms with Crippen LogP contribution in [0.3, 0.4) is 0 Å². The van der Waals surface area contributed by atoms with E-state index in [2.05, 4.69) is 9.88 Å². The molecule has 2 aliphatic heterocycles. The Morgan fingerprint density at radius 3 is 2.14 bits per heavy atom. The van der Waals surface area contributed by atoms with Gasteiger partial charge in [0.25, 0.3) is 15.7 Å². The fourth-order valence-electron chi connectivity index (χ4n) is 8.83. The number of rotatable bonds is 6. The summed E-state index contributed by atoms with van der Waals surface area (Å²) >= 11 is 0. The van der Waals surface area contributed by atoms with Gasteiger partial charge in [0.05, 0.1) is 22.0 Å². The van der Waals surface area contributed by atoms with Crippen LogP contribution in [0.25, 0.3) is 11.0 Å². The summed E-state index contributed by atoms with van der Waals surface area (Å²) in [5.74, 6) is 0.162. The molecule has 43 heavy (non-hydrogen) atoms. The highest BCUT2D eigenvalue weighted by Gasteiger charge is 2.48. The number of piperidine rings is 2. The molecular formula is C33H39N3O6S. The maximum atomic E-state index is 13.6. The number of fused-ring (bicyclic) bond motifs is 5. The molecule has 0 spiro atoms. The molecule has 4 unspecified atom stereocenters. The fourth-order valence-corrected chi connectivity index (χ4v) is 9.92. The summed E-state index contributed by atoms with van der Waals surface area (Å²) in [5.41, 5.74) is 1.06. The van der Waals surface area contributed by atoms with E-state index >= 15 is 0 Å². The van der Waals surface area contributed by atoms with Gasteiger partial charge in [-0.2, -0.15) is 8.42 Å². The topological polar surface area (TPSA) is 119 Å². The van der Waals surface area contributed by atoms with Crippen molar-refractivity contribution in [1.82, 2.24) is 14.5 Å². The molecular weight excluding hydrogens is 566 g/mol. The van der Waals surface area contributed by atoms with Crippen molar-refractivity contribution in [3.63, 3.8) is 0 Å².